The first-order valence-electron chi connectivity index (χ1n) is 27.0. The summed E-state index contributed by atoms with van der Waals surface area (Å²) < 4.78 is 18.5. The van der Waals surface area contributed by atoms with E-state index in [0.29, 0.717) is 75.2 Å². The first-order chi connectivity index (χ1) is 37.5. The molecular weight excluding hydrogens is 979 g/mol. The number of fused-ring (bicyclic) bond motifs is 3. The smallest absolute Gasteiger partial charge is 0.261 e. The van der Waals surface area contributed by atoms with Crippen molar-refractivity contribution in [3.63, 3.8) is 0 Å². The number of benzene rings is 7. The summed E-state index contributed by atoms with van der Waals surface area (Å²) in [5, 5.41) is 0. The number of rotatable bonds is 17. The van der Waals surface area contributed by atoms with Crippen molar-refractivity contribution in [1.29, 1.82) is 0 Å². The van der Waals surface area contributed by atoms with Gasteiger partial charge in [0.1, 0.15) is 34.5 Å². The maximum Gasteiger partial charge on any atom is 0.261 e. The Balaban J connectivity index is 0.653. The second kappa shape index (κ2) is 20.7. The summed E-state index contributed by atoms with van der Waals surface area (Å²) in [7, 11) is 0. The number of amides is 6. The molecule has 1 saturated carbocycles. The van der Waals surface area contributed by atoms with Crippen LogP contribution >= 0.6 is 0 Å². The Kier molecular flexibility index (Phi) is 13.7. The van der Waals surface area contributed by atoms with E-state index < -0.39 is 11.3 Å². The molecule has 1 atom stereocenters. The third kappa shape index (κ3) is 9.76. The zero-order valence-corrected chi connectivity index (χ0v) is 44.5. The summed E-state index contributed by atoms with van der Waals surface area (Å²) >= 11 is 0. The lowest BCUT2D eigenvalue weighted by Crippen LogP contribution is -2.40. The standard InChI is InChI=1S/C66H61N3O9/c1-41(40-68-60(71)54-34-31-51(38-57(54)62(68)73)77-47-24-18-43(19-25-47)65(2,3)42-14-8-6-9-15-42)13-12-36-67-59(70)53-33-30-50(37-56(53)61(67)72)76-48-26-20-44(21-27-48)66(4,5)45-22-28-49(29-23-45)78-52-32-35-55-58(39-52)64(75)69(63(55)74)46-16-10-7-11-17-46/h6,8-9,14-15,18-35,37-39,41,46H,7,10-13,16-17,36,40H2,1-5H3. The van der Waals surface area contributed by atoms with Crippen molar-refractivity contribution in [2.45, 2.75) is 96.4 Å². The van der Waals surface area contributed by atoms with Gasteiger partial charge in [0.2, 0.25) is 0 Å². The van der Waals surface area contributed by atoms with Crippen LogP contribution in [0.1, 0.15) is 164 Å². The molecule has 3 heterocycles. The van der Waals surface area contributed by atoms with Crippen molar-refractivity contribution < 1.29 is 43.0 Å². The molecule has 7 aromatic carbocycles. The molecule has 0 radical (unpaired) electrons. The highest BCUT2D eigenvalue weighted by Crippen LogP contribution is 2.39. The minimum Gasteiger partial charge on any atom is -0.457 e. The first-order valence-corrected chi connectivity index (χ1v) is 27.0. The van der Waals surface area contributed by atoms with Crippen molar-refractivity contribution in [2.75, 3.05) is 13.1 Å². The zero-order chi connectivity index (χ0) is 54.5. The maximum atomic E-state index is 13.7. The van der Waals surface area contributed by atoms with Gasteiger partial charge in [-0.1, -0.05) is 121 Å². The van der Waals surface area contributed by atoms with Crippen LogP contribution in [0.3, 0.4) is 0 Å². The van der Waals surface area contributed by atoms with Gasteiger partial charge in [0, 0.05) is 30.0 Å². The molecule has 6 amide bonds. The van der Waals surface area contributed by atoms with Crippen molar-refractivity contribution in [3.05, 3.63) is 213 Å². The van der Waals surface area contributed by atoms with E-state index in [9.17, 15) is 28.8 Å². The second-order valence-electron chi connectivity index (χ2n) is 22.1. The Bertz CT molecular complexity index is 3510. The van der Waals surface area contributed by atoms with Crippen LogP contribution in [-0.2, 0) is 10.8 Å². The van der Waals surface area contributed by atoms with Crippen molar-refractivity contribution in [3.8, 4) is 34.5 Å². The molecule has 1 aliphatic carbocycles. The molecule has 12 nitrogen and oxygen atoms in total. The number of carbonyl (C=O) groups excluding carboxylic acids is 6. The Morgan fingerprint density at radius 1 is 0.423 bits per heavy atom. The molecule has 7 aromatic rings. The summed E-state index contributed by atoms with van der Waals surface area (Å²) in [5.41, 5.74) is 5.86. The van der Waals surface area contributed by atoms with Crippen LogP contribution in [0.5, 0.6) is 34.5 Å². The molecule has 1 fully saturated rings. The molecule has 0 aromatic heterocycles. The molecule has 0 bridgehead atoms. The molecular formula is C66H61N3O9. The Labute approximate surface area is 454 Å². The fourth-order valence-electron chi connectivity index (χ4n) is 11.4. The molecule has 11 rings (SSSR count). The fraction of sp³-hybridized carbons (Fsp3) is 0.273. The first kappa shape index (κ1) is 51.5. The Hall–Kier alpha value is -8.64. The monoisotopic (exact) mass is 1040 g/mol. The van der Waals surface area contributed by atoms with Gasteiger partial charge in [-0.3, -0.25) is 43.5 Å². The summed E-state index contributed by atoms with van der Waals surface area (Å²) in [6, 6.07) is 48.7. The summed E-state index contributed by atoms with van der Waals surface area (Å²) in [6.45, 7) is 10.9. The molecule has 0 saturated heterocycles. The quantitative estimate of drug-likeness (QED) is 0.0815. The minimum absolute atomic E-state index is 0.0423. The molecule has 1 unspecified atom stereocenters. The third-order valence-electron chi connectivity index (χ3n) is 16.2. The van der Waals surface area contributed by atoms with Gasteiger partial charge in [-0.2, -0.15) is 0 Å². The van der Waals surface area contributed by atoms with E-state index in [1.54, 1.807) is 54.6 Å². The van der Waals surface area contributed by atoms with E-state index in [2.05, 4.69) is 39.8 Å². The van der Waals surface area contributed by atoms with Gasteiger partial charge in [-0.15, -0.1) is 0 Å². The van der Waals surface area contributed by atoms with Gasteiger partial charge in [-0.05, 0) is 145 Å². The van der Waals surface area contributed by atoms with Crippen LogP contribution in [-0.4, -0.2) is 69.3 Å². The Morgan fingerprint density at radius 3 is 1.24 bits per heavy atom. The van der Waals surface area contributed by atoms with Crippen molar-refractivity contribution in [2.24, 2.45) is 5.92 Å². The van der Waals surface area contributed by atoms with Gasteiger partial charge >= 0.3 is 0 Å². The second-order valence-corrected chi connectivity index (χ2v) is 22.1. The average Bonchev–Trinajstić information content (AvgIpc) is 4.02. The molecule has 394 valence electrons. The highest BCUT2D eigenvalue weighted by molar-refractivity contribution is 6.23. The number of hydrogen-bond acceptors (Lipinski definition) is 9. The van der Waals surface area contributed by atoms with Gasteiger partial charge in [0.15, 0.2) is 0 Å². The maximum absolute atomic E-state index is 13.7. The lowest BCUT2D eigenvalue weighted by atomic mass is 9.78. The van der Waals surface area contributed by atoms with Gasteiger partial charge in [0.05, 0.1) is 33.4 Å². The lowest BCUT2D eigenvalue weighted by molar-refractivity contribution is 0.0544. The normalized spacial score (nSPS) is 15.9. The molecule has 78 heavy (non-hydrogen) atoms. The number of carbonyl (C=O) groups is 6. The minimum atomic E-state index is -0.396. The largest absolute Gasteiger partial charge is 0.457 e. The molecule has 4 aliphatic rings. The third-order valence-corrected chi connectivity index (χ3v) is 16.2. The number of nitrogens with zero attached hydrogens (tertiary/aromatic N) is 3. The summed E-state index contributed by atoms with van der Waals surface area (Å²) in [4.78, 5) is 84.8. The van der Waals surface area contributed by atoms with Gasteiger partial charge in [0.25, 0.3) is 35.4 Å². The lowest BCUT2D eigenvalue weighted by Gasteiger charge is -2.29. The van der Waals surface area contributed by atoms with Crippen molar-refractivity contribution in [1.82, 2.24) is 14.7 Å². The average molecular weight is 1040 g/mol. The van der Waals surface area contributed by atoms with E-state index >= 15 is 0 Å². The number of ether oxygens (including phenoxy) is 3. The number of imide groups is 3. The van der Waals surface area contributed by atoms with E-state index in [0.717, 1.165) is 48.8 Å². The fourth-order valence-corrected chi connectivity index (χ4v) is 11.4. The highest BCUT2D eigenvalue weighted by Gasteiger charge is 2.41. The van der Waals surface area contributed by atoms with Gasteiger partial charge < -0.3 is 14.2 Å². The van der Waals surface area contributed by atoms with Crippen LogP contribution in [0.25, 0.3) is 0 Å². The molecule has 12 heteroatoms. The van der Waals surface area contributed by atoms with Crippen LogP contribution < -0.4 is 14.2 Å². The van der Waals surface area contributed by atoms with Crippen LogP contribution in [0.2, 0.25) is 0 Å². The van der Waals surface area contributed by atoms with E-state index in [1.165, 1.54) is 20.3 Å². The predicted octanol–water partition coefficient (Wildman–Crippen LogP) is 14.0. The number of hydrogen-bond donors (Lipinski definition) is 0. The zero-order valence-electron chi connectivity index (χ0n) is 44.5. The highest BCUT2D eigenvalue weighted by atomic mass is 16.5. The molecule has 3 aliphatic heterocycles. The van der Waals surface area contributed by atoms with E-state index in [4.69, 9.17) is 14.2 Å². The Morgan fingerprint density at radius 2 is 0.782 bits per heavy atom. The topological polar surface area (TPSA) is 140 Å². The SMILES string of the molecule is CC(CCCN1C(=O)c2ccc(Oc3ccc(C(C)(C)c4ccc(Oc5ccc6c(c5)C(=O)N(C5CCCCC5)C6=O)cc4)cc3)cc2C1=O)CN1C(=O)c2ccc(Oc3ccc(C(C)(C)c4ccccc4)cc3)cc2C1=O. The molecule has 0 N–H and O–H groups in total. The van der Waals surface area contributed by atoms with Crippen molar-refractivity contribution >= 4 is 35.4 Å². The van der Waals surface area contributed by atoms with E-state index in [1.807, 2.05) is 97.9 Å². The van der Waals surface area contributed by atoms with E-state index in [-0.39, 0.29) is 65.6 Å². The van der Waals surface area contributed by atoms with Crippen LogP contribution in [0, 0.1) is 5.92 Å². The molecule has 0 spiro atoms. The van der Waals surface area contributed by atoms with Crippen LogP contribution in [0.15, 0.2) is 158 Å². The van der Waals surface area contributed by atoms with Gasteiger partial charge in [-0.25, -0.2) is 0 Å². The predicted molar refractivity (Wildman–Crippen MR) is 296 cm³/mol. The summed E-state index contributed by atoms with van der Waals surface area (Å²) in [6.07, 6.45) is 5.94. The summed E-state index contributed by atoms with van der Waals surface area (Å²) in [5.74, 6) is 1.09. The van der Waals surface area contributed by atoms with Crippen LogP contribution in [0.4, 0.5) is 0 Å².